The number of nitrogens with zero attached hydrogens (tertiary/aromatic N) is 2. The molecule has 0 saturated heterocycles. The first-order valence-corrected chi connectivity index (χ1v) is 17.1. The van der Waals surface area contributed by atoms with Crippen LogP contribution in [0.1, 0.15) is 44.7 Å². The zero-order chi connectivity index (χ0) is 31.0. The molecule has 3 aromatic carbocycles. The lowest BCUT2D eigenvalue weighted by atomic mass is 10.1. The van der Waals surface area contributed by atoms with Gasteiger partial charge in [-0.25, -0.2) is 8.42 Å². The number of anilines is 1. The first kappa shape index (κ1) is 33.8. The third kappa shape index (κ3) is 8.22. The second-order valence-electron chi connectivity index (χ2n) is 9.99. The average molecular weight is 651 g/mol. The van der Waals surface area contributed by atoms with Gasteiger partial charge in [0.1, 0.15) is 12.6 Å². The SMILES string of the molecule is CC[C@H](C)NC(=O)[C@H](CC)N(Cc1c(Cl)cccc1Cl)C(=O)CN(c1ccc(C)cc1)S(=O)(=O)c1ccc(SC)cc1. The third-order valence-corrected chi connectivity index (χ3v) is 10.3. The Bertz CT molecular complexity index is 1460. The molecular weight excluding hydrogens is 613 g/mol. The molecule has 0 unspecified atom stereocenters. The Morgan fingerprint density at radius 3 is 2.05 bits per heavy atom. The van der Waals surface area contributed by atoms with E-state index in [0.29, 0.717) is 34.1 Å². The van der Waals surface area contributed by atoms with E-state index in [1.807, 2.05) is 27.0 Å². The molecule has 11 heteroatoms. The van der Waals surface area contributed by atoms with Crippen LogP contribution in [0.5, 0.6) is 0 Å². The summed E-state index contributed by atoms with van der Waals surface area (Å²) in [6, 6.07) is 17.4. The molecule has 0 saturated carbocycles. The molecular formula is C31H37Cl2N3O4S2. The Hall–Kier alpha value is -2.72. The number of hydrogen-bond acceptors (Lipinski definition) is 5. The maximum atomic E-state index is 14.2. The highest BCUT2D eigenvalue weighted by molar-refractivity contribution is 7.98. The number of hydrogen-bond donors (Lipinski definition) is 1. The van der Waals surface area contributed by atoms with Crippen molar-refractivity contribution < 1.29 is 18.0 Å². The number of aryl methyl sites for hydroxylation is 1. The Morgan fingerprint density at radius 2 is 1.52 bits per heavy atom. The van der Waals surface area contributed by atoms with Gasteiger partial charge in [-0.1, -0.05) is 60.8 Å². The summed E-state index contributed by atoms with van der Waals surface area (Å²) in [5, 5.41) is 3.64. The first-order chi connectivity index (χ1) is 19.9. The molecule has 0 spiro atoms. The molecule has 3 rings (SSSR count). The van der Waals surface area contributed by atoms with Gasteiger partial charge in [0, 0.05) is 33.1 Å². The van der Waals surface area contributed by atoms with Crippen LogP contribution in [-0.2, 0) is 26.2 Å². The van der Waals surface area contributed by atoms with Gasteiger partial charge in [-0.15, -0.1) is 11.8 Å². The largest absolute Gasteiger partial charge is 0.352 e. The topological polar surface area (TPSA) is 86.8 Å². The predicted molar refractivity (Wildman–Crippen MR) is 173 cm³/mol. The van der Waals surface area contributed by atoms with Gasteiger partial charge in [-0.3, -0.25) is 13.9 Å². The smallest absolute Gasteiger partial charge is 0.264 e. The maximum absolute atomic E-state index is 14.2. The molecule has 7 nitrogen and oxygen atoms in total. The summed E-state index contributed by atoms with van der Waals surface area (Å²) in [6.45, 7) is 6.92. The molecule has 0 bridgehead atoms. The monoisotopic (exact) mass is 649 g/mol. The van der Waals surface area contributed by atoms with Gasteiger partial charge in [-0.2, -0.15) is 0 Å². The minimum absolute atomic E-state index is 0.0518. The molecule has 2 amide bonds. The fraction of sp³-hybridized carbons (Fsp3) is 0.355. The lowest BCUT2D eigenvalue weighted by Crippen LogP contribution is -2.53. The standard InChI is InChI=1S/C31H37Cl2N3O4S2/c1-6-22(4)34-31(38)29(7-2)35(19-26-27(32)9-8-10-28(26)33)30(37)20-36(23-13-11-21(3)12-14-23)42(39,40)25-17-15-24(41-5)16-18-25/h8-18,22,29H,6-7,19-20H2,1-5H3,(H,34,38)/t22-,29-/m0/s1. The van der Waals surface area contributed by atoms with Crippen LogP contribution in [0, 0.1) is 6.92 Å². The number of carbonyl (C=O) groups is 2. The van der Waals surface area contributed by atoms with E-state index in [1.54, 1.807) is 61.5 Å². The van der Waals surface area contributed by atoms with Crippen LogP contribution in [0.2, 0.25) is 10.0 Å². The fourth-order valence-electron chi connectivity index (χ4n) is 4.33. The van der Waals surface area contributed by atoms with Crippen molar-refractivity contribution in [2.24, 2.45) is 0 Å². The molecule has 0 aliphatic heterocycles. The van der Waals surface area contributed by atoms with E-state index in [1.165, 1.54) is 28.8 Å². The lowest BCUT2D eigenvalue weighted by molar-refractivity contribution is -0.140. The maximum Gasteiger partial charge on any atom is 0.264 e. The van der Waals surface area contributed by atoms with Crippen molar-refractivity contribution in [1.29, 1.82) is 0 Å². The van der Waals surface area contributed by atoms with Crippen LogP contribution in [0.4, 0.5) is 5.69 Å². The zero-order valence-electron chi connectivity index (χ0n) is 24.4. The Balaban J connectivity index is 2.09. The number of carbonyl (C=O) groups excluding carboxylic acids is 2. The van der Waals surface area contributed by atoms with Gasteiger partial charge in [0.2, 0.25) is 11.8 Å². The quantitative estimate of drug-likeness (QED) is 0.203. The Labute approximate surface area is 263 Å². The molecule has 0 fully saturated rings. The van der Waals surface area contributed by atoms with E-state index in [2.05, 4.69) is 5.32 Å². The summed E-state index contributed by atoms with van der Waals surface area (Å²) < 4.78 is 29.1. The second-order valence-corrected chi connectivity index (χ2v) is 13.5. The minimum atomic E-state index is -4.16. The van der Waals surface area contributed by atoms with Crippen molar-refractivity contribution in [3.05, 3.63) is 87.9 Å². The Kier molecular flexibility index (Phi) is 12.2. The summed E-state index contributed by atoms with van der Waals surface area (Å²) in [7, 11) is -4.16. The first-order valence-electron chi connectivity index (χ1n) is 13.7. The van der Waals surface area contributed by atoms with Crippen LogP contribution in [0.15, 0.2) is 76.5 Å². The summed E-state index contributed by atoms with van der Waals surface area (Å²) >= 11 is 14.4. The molecule has 0 aromatic heterocycles. The molecule has 0 heterocycles. The van der Waals surface area contributed by atoms with Crippen LogP contribution >= 0.6 is 35.0 Å². The normalized spacial score (nSPS) is 12.8. The van der Waals surface area contributed by atoms with E-state index < -0.39 is 28.5 Å². The number of benzene rings is 3. The van der Waals surface area contributed by atoms with E-state index in [4.69, 9.17) is 23.2 Å². The van der Waals surface area contributed by atoms with Gasteiger partial charge < -0.3 is 10.2 Å². The van der Waals surface area contributed by atoms with E-state index in [9.17, 15) is 18.0 Å². The zero-order valence-corrected chi connectivity index (χ0v) is 27.6. The lowest BCUT2D eigenvalue weighted by Gasteiger charge is -2.34. The van der Waals surface area contributed by atoms with Crippen molar-refractivity contribution in [3.8, 4) is 0 Å². The van der Waals surface area contributed by atoms with Crippen LogP contribution in [0.3, 0.4) is 0 Å². The summed E-state index contributed by atoms with van der Waals surface area (Å²) in [6.07, 6.45) is 2.91. The second kappa shape index (κ2) is 15.1. The van der Waals surface area contributed by atoms with Gasteiger partial charge in [0.05, 0.1) is 10.6 Å². The molecule has 1 N–H and O–H groups in total. The van der Waals surface area contributed by atoms with Gasteiger partial charge in [-0.05, 0) is 81.5 Å². The average Bonchev–Trinajstić information content (AvgIpc) is 2.97. The van der Waals surface area contributed by atoms with Crippen molar-refractivity contribution in [2.75, 3.05) is 17.1 Å². The van der Waals surface area contributed by atoms with E-state index >= 15 is 0 Å². The molecule has 3 aromatic rings. The summed E-state index contributed by atoms with van der Waals surface area (Å²) in [5.74, 6) is -0.900. The molecule has 42 heavy (non-hydrogen) atoms. The van der Waals surface area contributed by atoms with Crippen LogP contribution in [-0.4, -0.2) is 50.0 Å². The highest BCUT2D eigenvalue weighted by Crippen LogP contribution is 2.29. The molecule has 0 radical (unpaired) electrons. The highest BCUT2D eigenvalue weighted by Gasteiger charge is 2.34. The van der Waals surface area contributed by atoms with Gasteiger partial charge in [0.25, 0.3) is 10.0 Å². The van der Waals surface area contributed by atoms with Crippen molar-refractivity contribution in [1.82, 2.24) is 10.2 Å². The van der Waals surface area contributed by atoms with Crippen molar-refractivity contribution in [3.63, 3.8) is 0 Å². The summed E-state index contributed by atoms with van der Waals surface area (Å²) in [5.41, 5.74) is 1.74. The third-order valence-electron chi connectivity index (χ3n) is 7.03. The van der Waals surface area contributed by atoms with Gasteiger partial charge >= 0.3 is 0 Å². The summed E-state index contributed by atoms with van der Waals surface area (Å²) in [4.78, 5) is 30.0. The minimum Gasteiger partial charge on any atom is -0.352 e. The Morgan fingerprint density at radius 1 is 0.929 bits per heavy atom. The van der Waals surface area contributed by atoms with Crippen LogP contribution in [0.25, 0.3) is 0 Å². The van der Waals surface area contributed by atoms with Crippen molar-refractivity contribution in [2.45, 2.75) is 69.0 Å². The van der Waals surface area contributed by atoms with Gasteiger partial charge in [0.15, 0.2) is 0 Å². The molecule has 0 aliphatic carbocycles. The molecule has 0 aliphatic rings. The number of rotatable bonds is 13. The van der Waals surface area contributed by atoms with E-state index in [0.717, 1.165) is 14.8 Å². The highest BCUT2D eigenvalue weighted by atomic mass is 35.5. The van der Waals surface area contributed by atoms with Crippen molar-refractivity contribution >= 4 is 62.5 Å². The predicted octanol–water partition coefficient (Wildman–Crippen LogP) is 6.94. The number of sulfonamides is 1. The number of amides is 2. The number of halogens is 2. The fourth-order valence-corrected chi connectivity index (χ4v) is 6.67. The molecule has 2 atom stereocenters. The molecule has 226 valence electrons. The van der Waals surface area contributed by atoms with E-state index in [-0.39, 0.29) is 23.4 Å². The van der Waals surface area contributed by atoms with Crippen LogP contribution < -0.4 is 9.62 Å². The number of nitrogens with one attached hydrogen (secondary N) is 1. The number of thioether (sulfide) groups is 1.